The van der Waals surface area contributed by atoms with Crippen LogP contribution in [-0.2, 0) is 14.4 Å². The van der Waals surface area contributed by atoms with E-state index in [2.05, 4.69) is 10.6 Å². The number of carboxylic acids is 1. The Kier molecular flexibility index (Phi) is 7.36. The van der Waals surface area contributed by atoms with Gasteiger partial charge >= 0.3 is 5.97 Å². The van der Waals surface area contributed by atoms with Crippen molar-refractivity contribution in [1.82, 2.24) is 10.6 Å². The summed E-state index contributed by atoms with van der Waals surface area (Å²) in [5.74, 6) is -1.17. The van der Waals surface area contributed by atoms with Gasteiger partial charge in [0.1, 0.15) is 12.6 Å². The third-order valence-corrected chi connectivity index (χ3v) is 2.36. The van der Waals surface area contributed by atoms with Gasteiger partial charge in [-0.05, 0) is 18.4 Å². The van der Waals surface area contributed by atoms with Gasteiger partial charge in [-0.25, -0.2) is 0 Å². The van der Waals surface area contributed by atoms with Crippen molar-refractivity contribution in [2.24, 2.45) is 0 Å². The van der Waals surface area contributed by atoms with Crippen LogP contribution in [0.5, 0.6) is 0 Å². The quantitative estimate of drug-likeness (QED) is 0.561. The molecule has 7 heteroatoms. The first kappa shape index (κ1) is 14.8. The first-order chi connectivity index (χ1) is 7.47. The molecule has 0 saturated heterocycles. The highest BCUT2D eigenvalue weighted by molar-refractivity contribution is 7.98. The monoisotopic (exact) mass is 248 g/mol. The normalized spacial score (nSPS) is 11.6. The number of carbonyl (C=O) groups excluding carboxylic acids is 2. The second-order valence-electron chi connectivity index (χ2n) is 3.15. The topological polar surface area (TPSA) is 95.5 Å². The lowest BCUT2D eigenvalue weighted by molar-refractivity contribution is -0.138. The number of thioether (sulfide) groups is 1. The average molecular weight is 248 g/mol. The predicted molar refractivity (Wildman–Crippen MR) is 61.2 cm³/mol. The van der Waals surface area contributed by atoms with E-state index in [9.17, 15) is 14.4 Å². The maximum atomic E-state index is 11.5. The van der Waals surface area contributed by atoms with Crippen molar-refractivity contribution in [1.29, 1.82) is 0 Å². The van der Waals surface area contributed by atoms with E-state index >= 15 is 0 Å². The van der Waals surface area contributed by atoms with Crippen molar-refractivity contribution in [2.45, 2.75) is 19.4 Å². The number of carboxylic acid groups (broad SMARTS) is 1. The summed E-state index contributed by atoms with van der Waals surface area (Å²) in [5.41, 5.74) is 0. The summed E-state index contributed by atoms with van der Waals surface area (Å²) >= 11 is 1.55. The fraction of sp³-hybridized carbons (Fsp3) is 0.667. The van der Waals surface area contributed by atoms with Gasteiger partial charge in [-0.2, -0.15) is 11.8 Å². The predicted octanol–water partition coefficient (Wildman–Crippen LogP) is -0.555. The summed E-state index contributed by atoms with van der Waals surface area (Å²) in [7, 11) is 0. The molecule has 0 aliphatic heterocycles. The maximum absolute atomic E-state index is 11.5. The molecule has 0 saturated carbocycles. The summed E-state index contributed by atoms with van der Waals surface area (Å²) in [6.45, 7) is 0.880. The Balaban J connectivity index is 4.19. The lowest BCUT2D eigenvalue weighted by atomic mass is 10.2. The van der Waals surface area contributed by atoms with Crippen LogP contribution in [0, 0.1) is 0 Å². The van der Waals surface area contributed by atoms with Gasteiger partial charge in [0.25, 0.3) is 0 Å². The van der Waals surface area contributed by atoms with E-state index in [0.717, 1.165) is 0 Å². The molecular formula is C9H16N2O4S. The first-order valence-electron chi connectivity index (χ1n) is 4.73. The third kappa shape index (κ3) is 7.10. The van der Waals surface area contributed by atoms with Gasteiger partial charge in [-0.3, -0.25) is 14.4 Å². The SMILES string of the molecule is CSCC[C@H](NC(C)=O)C(=O)NCC(=O)O. The van der Waals surface area contributed by atoms with Gasteiger partial charge in [0, 0.05) is 6.92 Å². The molecule has 0 fully saturated rings. The highest BCUT2D eigenvalue weighted by Gasteiger charge is 2.18. The number of nitrogens with one attached hydrogen (secondary N) is 2. The van der Waals surface area contributed by atoms with E-state index in [0.29, 0.717) is 12.2 Å². The van der Waals surface area contributed by atoms with Crippen molar-refractivity contribution >= 4 is 29.5 Å². The number of amides is 2. The fourth-order valence-corrected chi connectivity index (χ4v) is 1.51. The highest BCUT2D eigenvalue weighted by atomic mass is 32.2. The Hall–Kier alpha value is -1.24. The summed E-state index contributed by atoms with van der Waals surface area (Å²) in [6.07, 6.45) is 2.37. The molecule has 2 amide bonds. The minimum absolute atomic E-state index is 0.309. The Morgan fingerprint density at radius 1 is 1.38 bits per heavy atom. The van der Waals surface area contributed by atoms with E-state index in [-0.39, 0.29) is 5.91 Å². The van der Waals surface area contributed by atoms with Crippen LogP contribution in [0.25, 0.3) is 0 Å². The van der Waals surface area contributed by atoms with Crippen LogP contribution < -0.4 is 10.6 Å². The Labute approximate surface area is 98.2 Å². The lowest BCUT2D eigenvalue weighted by Crippen LogP contribution is -2.47. The minimum Gasteiger partial charge on any atom is -0.480 e. The molecular weight excluding hydrogens is 232 g/mol. The molecule has 0 aromatic rings. The second-order valence-corrected chi connectivity index (χ2v) is 4.13. The van der Waals surface area contributed by atoms with Gasteiger partial charge in [0.2, 0.25) is 11.8 Å². The van der Waals surface area contributed by atoms with Crippen LogP contribution in [0.4, 0.5) is 0 Å². The molecule has 6 nitrogen and oxygen atoms in total. The summed E-state index contributed by atoms with van der Waals surface area (Å²) in [4.78, 5) is 32.6. The van der Waals surface area contributed by atoms with E-state index in [1.54, 1.807) is 11.8 Å². The minimum atomic E-state index is -1.11. The van der Waals surface area contributed by atoms with Crippen LogP contribution in [-0.4, -0.2) is 47.5 Å². The molecule has 0 spiro atoms. The van der Waals surface area contributed by atoms with Crippen LogP contribution in [0.15, 0.2) is 0 Å². The highest BCUT2D eigenvalue weighted by Crippen LogP contribution is 2.00. The largest absolute Gasteiger partial charge is 0.480 e. The van der Waals surface area contributed by atoms with Crippen LogP contribution in [0.2, 0.25) is 0 Å². The lowest BCUT2D eigenvalue weighted by Gasteiger charge is -2.16. The molecule has 0 rings (SSSR count). The van der Waals surface area contributed by atoms with Gasteiger partial charge in [0.15, 0.2) is 0 Å². The molecule has 0 unspecified atom stereocenters. The van der Waals surface area contributed by atoms with Gasteiger partial charge in [-0.1, -0.05) is 0 Å². The standard InChI is InChI=1S/C9H16N2O4S/c1-6(12)11-7(3-4-16-2)9(15)10-5-8(13)14/h7H,3-5H2,1-2H3,(H,10,15)(H,11,12)(H,13,14)/t7-/m0/s1. The van der Waals surface area contributed by atoms with Crippen LogP contribution in [0.1, 0.15) is 13.3 Å². The van der Waals surface area contributed by atoms with E-state index in [4.69, 9.17) is 5.11 Å². The number of carbonyl (C=O) groups is 3. The molecule has 16 heavy (non-hydrogen) atoms. The molecule has 0 radical (unpaired) electrons. The molecule has 3 N–H and O–H groups in total. The first-order valence-corrected chi connectivity index (χ1v) is 6.12. The fourth-order valence-electron chi connectivity index (χ4n) is 1.04. The summed E-state index contributed by atoms with van der Waals surface area (Å²) < 4.78 is 0. The molecule has 92 valence electrons. The molecule has 1 atom stereocenters. The zero-order valence-electron chi connectivity index (χ0n) is 9.28. The zero-order valence-corrected chi connectivity index (χ0v) is 10.1. The van der Waals surface area contributed by atoms with Gasteiger partial charge in [-0.15, -0.1) is 0 Å². The van der Waals surface area contributed by atoms with Gasteiger partial charge in [0.05, 0.1) is 0 Å². The van der Waals surface area contributed by atoms with Crippen molar-refractivity contribution in [3.8, 4) is 0 Å². The maximum Gasteiger partial charge on any atom is 0.322 e. The Morgan fingerprint density at radius 2 is 2.00 bits per heavy atom. The van der Waals surface area contributed by atoms with E-state index in [1.807, 2.05) is 6.26 Å². The summed E-state index contributed by atoms with van der Waals surface area (Å²) in [5, 5.41) is 13.1. The zero-order chi connectivity index (χ0) is 12.6. The smallest absolute Gasteiger partial charge is 0.322 e. The van der Waals surface area contributed by atoms with Crippen molar-refractivity contribution < 1.29 is 19.5 Å². The van der Waals surface area contributed by atoms with Crippen molar-refractivity contribution in [3.05, 3.63) is 0 Å². The summed E-state index contributed by atoms with van der Waals surface area (Å²) in [6, 6.07) is -0.663. The number of rotatable bonds is 7. The molecule has 0 aromatic carbocycles. The van der Waals surface area contributed by atoms with Gasteiger partial charge < -0.3 is 15.7 Å². The number of aliphatic carboxylic acids is 1. The number of hydrogen-bond donors (Lipinski definition) is 3. The Bertz CT molecular complexity index is 270. The second kappa shape index (κ2) is 7.98. The molecule has 0 heterocycles. The number of hydrogen-bond acceptors (Lipinski definition) is 4. The van der Waals surface area contributed by atoms with Crippen LogP contribution in [0.3, 0.4) is 0 Å². The van der Waals surface area contributed by atoms with E-state index < -0.39 is 24.5 Å². The van der Waals surface area contributed by atoms with Crippen molar-refractivity contribution in [2.75, 3.05) is 18.6 Å². The molecule has 0 bridgehead atoms. The Morgan fingerprint density at radius 3 is 2.44 bits per heavy atom. The average Bonchev–Trinajstić information content (AvgIpc) is 2.20. The third-order valence-electron chi connectivity index (χ3n) is 1.72. The molecule has 0 aromatic heterocycles. The van der Waals surface area contributed by atoms with Crippen LogP contribution >= 0.6 is 11.8 Å². The van der Waals surface area contributed by atoms with E-state index in [1.165, 1.54) is 6.92 Å². The molecule has 0 aliphatic rings. The van der Waals surface area contributed by atoms with Crippen molar-refractivity contribution in [3.63, 3.8) is 0 Å². The molecule has 0 aliphatic carbocycles.